The smallest absolute Gasteiger partial charge is 0.194 e. The summed E-state index contributed by atoms with van der Waals surface area (Å²) in [5.74, 6) is 0. The third kappa shape index (κ3) is 1.37. The van der Waals surface area contributed by atoms with Crippen molar-refractivity contribution in [1.29, 1.82) is 0 Å². The number of aromatic nitrogens is 3. The Morgan fingerprint density at radius 2 is 2.22 bits per heavy atom. The van der Waals surface area contributed by atoms with E-state index < -0.39 is 0 Å². The Kier molecular flexibility index (Phi) is 2.34. The van der Waals surface area contributed by atoms with E-state index in [0.29, 0.717) is 0 Å². The topological polar surface area (TPSA) is 30.7 Å². The molecule has 1 heterocycles. The van der Waals surface area contributed by atoms with Gasteiger partial charge in [0.1, 0.15) is 0 Å². The van der Waals surface area contributed by atoms with Gasteiger partial charge in [-0.05, 0) is 6.26 Å². The molecule has 1 aromatic heterocycles. The molecule has 0 atom stereocenters. The maximum absolute atomic E-state index is 3.90. The molecule has 0 saturated heterocycles. The van der Waals surface area contributed by atoms with Crippen LogP contribution >= 0.6 is 34.4 Å². The minimum atomic E-state index is 0.928. The molecule has 3 nitrogen and oxygen atoms in total. The van der Waals surface area contributed by atoms with Crippen molar-refractivity contribution in [2.24, 2.45) is 7.05 Å². The van der Waals surface area contributed by atoms with E-state index in [0.717, 1.165) is 8.99 Å². The molecule has 0 bridgehead atoms. The Morgan fingerprint density at radius 3 is 2.44 bits per heavy atom. The van der Waals surface area contributed by atoms with Gasteiger partial charge in [0.25, 0.3) is 0 Å². The van der Waals surface area contributed by atoms with Crippen molar-refractivity contribution in [1.82, 2.24) is 14.8 Å². The quantitative estimate of drug-likeness (QED) is 0.557. The molecule has 0 amide bonds. The van der Waals surface area contributed by atoms with Crippen LogP contribution in [-0.2, 0) is 7.05 Å². The molecular weight excluding hydrogens is 249 g/mol. The Hall–Kier alpha value is 0.220. The number of thioether (sulfide) groups is 1. The fourth-order valence-corrected chi connectivity index (χ4v) is 1.46. The van der Waals surface area contributed by atoms with Crippen LogP contribution in [0.15, 0.2) is 5.16 Å². The van der Waals surface area contributed by atoms with Crippen LogP contribution in [0.3, 0.4) is 0 Å². The van der Waals surface area contributed by atoms with Crippen molar-refractivity contribution in [2.75, 3.05) is 6.26 Å². The second-order valence-corrected chi connectivity index (χ2v) is 3.25. The summed E-state index contributed by atoms with van der Waals surface area (Å²) in [6.07, 6.45) is 1.99. The second-order valence-electron chi connectivity index (χ2n) is 1.51. The molecule has 9 heavy (non-hydrogen) atoms. The predicted molar refractivity (Wildman–Crippen MR) is 45.5 cm³/mol. The van der Waals surface area contributed by atoms with Crippen LogP contribution in [0.2, 0.25) is 0 Å². The van der Waals surface area contributed by atoms with Crippen molar-refractivity contribution >= 4 is 34.4 Å². The first kappa shape index (κ1) is 7.33. The molecule has 0 aromatic carbocycles. The highest BCUT2D eigenvalue weighted by Crippen LogP contribution is 2.11. The fraction of sp³-hybridized carbons (Fsp3) is 0.500. The summed E-state index contributed by atoms with van der Waals surface area (Å²) in [6.45, 7) is 0. The number of hydrogen-bond acceptors (Lipinski definition) is 3. The molecule has 0 aliphatic heterocycles. The average Bonchev–Trinajstić information content (AvgIpc) is 2.15. The molecule has 0 N–H and O–H groups in total. The summed E-state index contributed by atoms with van der Waals surface area (Å²) < 4.78 is 2.88. The van der Waals surface area contributed by atoms with E-state index in [1.165, 1.54) is 0 Å². The van der Waals surface area contributed by atoms with Crippen LogP contribution in [0.5, 0.6) is 0 Å². The van der Waals surface area contributed by atoms with E-state index in [9.17, 15) is 0 Å². The van der Waals surface area contributed by atoms with E-state index >= 15 is 0 Å². The third-order valence-electron chi connectivity index (χ3n) is 0.964. The lowest BCUT2D eigenvalue weighted by molar-refractivity contribution is 0.774. The standard InChI is InChI=1S/C4H6IN3S/c1-8-3(5)6-7-4(8)9-2/h1-2H3. The monoisotopic (exact) mass is 255 g/mol. The SMILES string of the molecule is CSc1nnc(I)n1C. The fourth-order valence-electron chi connectivity index (χ4n) is 0.475. The lowest BCUT2D eigenvalue weighted by Crippen LogP contribution is -1.91. The number of rotatable bonds is 1. The van der Waals surface area contributed by atoms with Crippen molar-refractivity contribution < 1.29 is 0 Å². The summed E-state index contributed by atoms with van der Waals surface area (Å²) >= 11 is 3.75. The number of halogens is 1. The van der Waals surface area contributed by atoms with E-state index in [1.54, 1.807) is 11.8 Å². The molecule has 1 aromatic rings. The van der Waals surface area contributed by atoms with Crippen LogP contribution in [0.25, 0.3) is 0 Å². The van der Waals surface area contributed by atoms with Gasteiger partial charge in [0, 0.05) is 29.6 Å². The zero-order valence-corrected chi connectivity index (χ0v) is 8.10. The van der Waals surface area contributed by atoms with Crippen LogP contribution in [0, 0.1) is 3.83 Å². The number of nitrogens with zero attached hydrogens (tertiary/aromatic N) is 3. The van der Waals surface area contributed by atoms with Crippen LogP contribution in [0.4, 0.5) is 0 Å². The minimum absolute atomic E-state index is 0.928. The Morgan fingerprint density at radius 1 is 1.56 bits per heavy atom. The molecular formula is C4H6IN3S. The molecule has 0 aliphatic rings. The lowest BCUT2D eigenvalue weighted by atomic mass is 11.1. The summed E-state index contributed by atoms with van der Waals surface area (Å²) in [5, 5.41) is 8.73. The first-order chi connectivity index (χ1) is 4.25. The van der Waals surface area contributed by atoms with Gasteiger partial charge < -0.3 is 4.57 Å². The normalized spacial score (nSPS) is 10.1. The van der Waals surface area contributed by atoms with Crippen LogP contribution in [-0.4, -0.2) is 21.0 Å². The van der Waals surface area contributed by atoms with Gasteiger partial charge in [-0.2, -0.15) is 0 Å². The summed E-state index contributed by atoms with van der Waals surface area (Å²) in [5.41, 5.74) is 0. The zero-order chi connectivity index (χ0) is 6.85. The summed E-state index contributed by atoms with van der Waals surface area (Å²) in [4.78, 5) is 0. The molecule has 5 heteroatoms. The van der Waals surface area contributed by atoms with Gasteiger partial charge >= 0.3 is 0 Å². The molecule has 0 saturated carbocycles. The molecule has 0 aliphatic carbocycles. The van der Waals surface area contributed by atoms with Crippen molar-refractivity contribution in [3.05, 3.63) is 3.83 Å². The van der Waals surface area contributed by atoms with E-state index in [1.807, 2.05) is 17.9 Å². The highest BCUT2D eigenvalue weighted by Gasteiger charge is 2.01. The van der Waals surface area contributed by atoms with Gasteiger partial charge in [0.15, 0.2) is 8.99 Å². The molecule has 0 spiro atoms. The lowest BCUT2D eigenvalue weighted by Gasteiger charge is -1.92. The minimum Gasteiger partial charge on any atom is -0.301 e. The molecule has 0 unspecified atom stereocenters. The maximum Gasteiger partial charge on any atom is 0.194 e. The molecule has 0 fully saturated rings. The molecule has 0 radical (unpaired) electrons. The second kappa shape index (κ2) is 2.87. The zero-order valence-electron chi connectivity index (χ0n) is 5.13. The van der Waals surface area contributed by atoms with Crippen molar-refractivity contribution in [3.8, 4) is 0 Å². The van der Waals surface area contributed by atoms with E-state index in [2.05, 4.69) is 32.8 Å². The Bertz CT molecular complexity index is 210. The number of hydrogen-bond donors (Lipinski definition) is 0. The largest absolute Gasteiger partial charge is 0.301 e. The third-order valence-corrected chi connectivity index (χ3v) is 2.62. The first-order valence-electron chi connectivity index (χ1n) is 2.34. The Balaban J connectivity index is 3.04. The summed E-state index contributed by atoms with van der Waals surface area (Å²) in [7, 11) is 1.95. The average molecular weight is 255 g/mol. The van der Waals surface area contributed by atoms with Gasteiger partial charge in [0.05, 0.1) is 0 Å². The predicted octanol–water partition coefficient (Wildman–Crippen LogP) is 1.14. The van der Waals surface area contributed by atoms with Gasteiger partial charge in [-0.25, -0.2) is 0 Å². The van der Waals surface area contributed by atoms with Crippen molar-refractivity contribution in [3.63, 3.8) is 0 Å². The van der Waals surface area contributed by atoms with E-state index in [-0.39, 0.29) is 0 Å². The molecule has 1 rings (SSSR count). The van der Waals surface area contributed by atoms with Gasteiger partial charge in [-0.1, -0.05) is 11.8 Å². The van der Waals surface area contributed by atoms with Gasteiger partial charge in [-0.15, -0.1) is 10.2 Å². The maximum atomic E-state index is 3.90. The van der Waals surface area contributed by atoms with Crippen LogP contribution < -0.4 is 0 Å². The first-order valence-corrected chi connectivity index (χ1v) is 4.65. The van der Waals surface area contributed by atoms with Gasteiger partial charge in [0.2, 0.25) is 0 Å². The van der Waals surface area contributed by atoms with Crippen LogP contribution in [0.1, 0.15) is 0 Å². The molecule has 50 valence electrons. The summed E-state index contributed by atoms with van der Waals surface area (Å²) in [6, 6.07) is 0. The van der Waals surface area contributed by atoms with Gasteiger partial charge in [-0.3, -0.25) is 0 Å². The van der Waals surface area contributed by atoms with Crippen molar-refractivity contribution in [2.45, 2.75) is 5.16 Å². The Labute approximate surface area is 71.4 Å². The highest BCUT2D eigenvalue weighted by atomic mass is 127. The van der Waals surface area contributed by atoms with E-state index in [4.69, 9.17) is 0 Å². The highest BCUT2D eigenvalue weighted by molar-refractivity contribution is 14.1.